The van der Waals surface area contributed by atoms with Gasteiger partial charge >= 0.3 is 0 Å². The summed E-state index contributed by atoms with van der Waals surface area (Å²) in [6, 6.07) is 15.5. The first-order valence-corrected chi connectivity index (χ1v) is 8.52. The number of nitrogens with zero attached hydrogens (tertiary/aromatic N) is 2. The van der Waals surface area contributed by atoms with Crippen molar-refractivity contribution in [2.45, 2.75) is 0 Å². The average molecular weight is 393 g/mol. The van der Waals surface area contributed by atoms with E-state index in [-0.39, 0.29) is 0 Å². The Hall–Kier alpha value is -1.69. The third kappa shape index (κ3) is 3.74. The van der Waals surface area contributed by atoms with E-state index in [9.17, 15) is 0 Å². The largest absolute Gasteiger partial charge is 0.253 e. The third-order valence-corrected chi connectivity index (χ3v) is 4.63. The molecule has 0 aliphatic heterocycles. The van der Waals surface area contributed by atoms with Crippen molar-refractivity contribution in [3.05, 3.63) is 69.0 Å². The van der Waals surface area contributed by atoms with E-state index in [2.05, 4.69) is 31.4 Å². The lowest BCUT2D eigenvalue weighted by molar-refractivity contribution is 1.29. The second-order valence-corrected chi connectivity index (χ2v) is 6.59. The molecule has 3 aromatic rings. The molecular weight excluding hydrogens is 382 g/mol. The van der Waals surface area contributed by atoms with Crippen LogP contribution in [0.2, 0.25) is 5.02 Å². The van der Waals surface area contributed by atoms with Crippen LogP contribution in [0.5, 0.6) is 0 Å². The van der Waals surface area contributed by atoms with Crippen molar-refractivity contribution in [3.63, 3.8) is 0 Å². The summed E-state index contributed by atoms with van der Waals surface area (Å²) >= 11 is 10.9. The van der Waals surface area contributed by atoms with Crippen LogP contribution in [0.15, 0.2) is 63.5 Å². The van der Waals surface area contributed by atoms with Gasteiger partial charge in [-0.2, -0.15) is 5.10 Å². The minimum atomic E-state index is 0.718. The molecule has 1 heterocycles. The SMILES string of the molecule is Clc1ccc(-c2csc(N/N=C\c3ccccc3Br)n2)cc1. The summed E-state index contributed by atoms with van der Waals surface area (Å²) in [5, 5.41) is 7.66. The summed E-state index contributed by atoms with van der Waals surface area (Å²) in [6.45, 7) is 0. The van der Waals surface area contributed by atoms with Crippen LogP contribution in [0.4, 0.5) is 5.13 Å². The maximum absolute atomic E-state index is 5.89. The van der Waals surface area contributed by atoms with Crippen LogP contribution in [-0.4, -0.2) is 11.2 Å². The molecule has 0 spiro atoms. The lowest BCUT2D eigenvalue weighted by atomic mass is 10.2. The number of thiazole rings is 1. The number of rotatable bonds is 4. The van der Waals surface area contributed by atoms with Crippen LogP contribution >= 0.6 is 38.9 Å². The normalized spacial score (nSPS) is 11.0. The summed E-state index contributed by atoms with van der Waals surface area (Å²) in [7, 11) is 0. The topological polar surface area (TPSA) is 37.3 Å². The molecule has 0 amide bonds. The summed E-state index contributed by atoms with van der Waals surface area (Å²) < 4.78 is 1.00. The maximum atomic E-state index is 5.89. The number of hydrogen-bond acceptors (Lipinski definition) is 4. The van der Waals surface area contributed by atoms with E-state index in [0.717, 1.165) is 31.4 Å². The first kappa shape index (κ1) is 15.2. The van der Waals surface area contributed by atoms with Gasteiger partial charge in [-0.15, -0.1) is 11.3 Å². The number of benzene rings is 2. The Kier molecular flexibility index (Phi) is 4.87. The zero-order valence-electron chi connectivity index (χ0n) is 11.3. The maximum Gasteiger partial charge on any atom is 0.203 e. The summed E-state index contributed by atoms with van der Waals surface area (Å²) in [4.78, 5) is 4.50. The molecule has 0 unspecified atom stereocenters. The summed E-state index contributed by atoms with van der Waals surface area (Å²) in [5.41, 5.74) is 5.89. The molecule has 0 saturated heterocycles. The number of anilines is 1. The van der Waals surface area contributed by atoms with Gasteiger partial charge in [-0.1, -0.05) is 57.9 Å². The molecule has 1 N–H and O–H groups in total. The molecule has 1 aromatic heterocycles. The van der Waals surface area contributed by atoms with Crippen molar-refractivity contribution in [1.29, 1.82) is 0 Å². The summed E-state index contributed by atoms with van der Waals surface area (Å²) in [6.07, 6.45) is 1.76. The molecule has 0 radical (unpaired) electrons. The molecule has 3 nitrogen and oxygen atoms in total. The van der Waals surface area contributed by atoms with Crippen LogP contribution in [0.25, 0.3) is 11.3 Å². The lowest BCUT2D eigenvalue weighted by Gasteiger charge is -1.97. The third-order valence-electron chi connectivity index (χ3n) is 2.91. The van der Waals surface area contributed by atoms with Gasteiger partial charge in [0, 0.05) is 26.0 Å². The fourth-order valence-electron chi connectivity index (χ4n) is 1.82. The zero-order chi connectivity index (χ0) is 15.4. The van der Waals surface area contributed by atoms with E-state index in [0.29, 0.717) is 0 Å². The number of hydrazone groups is 1. The van der Waals surface area contributed by atoms with E-state index in [1.54, 1.807) is 6.21 Å². The Morgan fingerprint density at radius 2 is 1.91 bits per heavy atom. The van der Waals surface area contributed by atoms with E-state index in [4.69, 9.17) is 11.6 Å². The predicted octanol–water partition coefficient (Wildman–Crippen LogP) is 5.67. The van der Waals surface area contributed by atoms with Crippen molar-refractivity contribution in [1.82, 2.24) is 4.98 Å². The lowest BCUT2D eigenvalue weighted by Crippen LogP contribution is -1.90. The number of nitrogens with one attached hydrogen (secondary N) is 1. The highest BCUT2D eigenvalue weighted by Crippen LogP contribution is 2.26. The van der Waals surface area contributed by atoms with Crippen LogP contribution in [0.3, 0.4) is 0 Å². The van der Waals surface area contributed by atoms with E-state index in [1.807, 2.05) is 53.9 Å². The average Bonchev–Trinajstić information content (AvgIpc) is 2.99. The zero-order valence-corrected chi connectivity index (χ0v) is 14.5. The molecule has 0 fully saturated rings. The minimum absolute atomic E-state index is 0.718. The van der Waals surface area contributed by atoms with Crippen LogP contribution in [-0.2, 0) is 0 Å². The Labute approximate surface area is 145 Å². The molecule has 0 saturated carbocycles. The molecule has 6 heteroatoms. The molecule has 2 aromatic carbocycles. The first-order valence-electron chi connectivity index (χ1n) is 6.47. The Morgan fingerprint density at radius 3 is 2.68 bits per heavy atom. The highest BCUT2D eigenvalue weighted by Gasteiger charge is 2.03. The molecule has 110 valence electrons. The van der Waals surface area contributed by atoms with Gasteiger partial charge in [0.1, 0.15) is 0 Å². The van der Waals surface area contributed by atoms with Gasteiger partial charge < -0.3 is 0 Å². The molecule has 0 aliphatic carbocycles. The van der Waals surface area contributed by atoms with Gasteiger partial charge in [0.2, 0.25) is 5.13 Å². The van der Waals surface area contributed by atoms with Crippen LogP contribution in [0, 0.1) is 0 Å². The van der Waals surface area contributed by atoms with Gasteiger partial charge in [-0.05, 0) is 18.2 Å². The van der Waals surface area contributed by atoms with E-state index < -0.39 is 0 Å². The van der Waals surface area contributed by atoms with Crippen LogP contribution in [0.1, 0.15) is 5.56 Å². The number of hydrogen-bond donors (Lipinski definition) is 1. The molecule has 3 rings (SSSR count). The molecular formula is C16H11BrClN3S. The Balaban J connectivity index is 1.70. The van der Waals surface area contributed by atoms with Crippen LogP contribution < -0.4 is 5.43 Å². The molecule has 0 aliphatic rings. The second-order valence-electron chi connectivity index (χ2n) is 4.44. The summed E-state index contributed by atoms with van der Waals surface area (Å²) in [5.74, 6) is 0. The Morgan fingerprint density at radius 1 is 1.14 bits per heavy atom. The molecule has 0 bridgehead atoms. The van der Waals surface area contributed by atoms with Gasteiger partial charge in [-0.3, -0.25) is 5.43 Å². The predicted molar refractivity (Wildman–Crippen MR) is 97.9 cm³/mol. The highest BCUT2D eigenvalue weighted by molar-refractivity contribution is 9.10. The van der Waals surface area contributed by atoms with Gasteiger partial charge in [0.25, 0.3) is 0 Å². The van der Waals surface area contributed by atoms with Gasteiger partial charge in [-0.25, -0.2) is 4.98 Å². The van der Waals surface area contributed by atoms with Crippen molar-refractivity contribution in [2.24, 2.45) is 5.10 Å². The van der Waals surface area contributed by atoms with E-state index in [1.165, 1.54) is 11.3 Å². The minimum Gasteiger partial charge on any atom is -0.253 e. The Bertz CT molecular complexity index is 799. The van der Waals surface area contributed by atoms with Gasteiger partial charge in [0.15, 0.2) is 0 Å². The standard InChI is InChI=1S/C16H11BrClN3S/c17-14-4-2-1-3-12(14)9-19-21-16-20-15(10-22-16)11-5-7-13(18)8-6-11/h1-10H,(H,20,21)/b19-9-. The van der Waals surface area contributed by atoms with Crippen molar-refractivity contribution in [3.8, 4) is 11.3 Å². The fraction of sp³-hybridized carbons (Fsp3) is 0. The molecule has 0 atom stereocenters. The van der Waals surface area contributed by atoms with Crippen molar-refractivity contribution >= 4 is 50.2 Å². The number of aromatic nitrogens is 1. The molecule has 22 heavy (non-hydrogen) atoms. The van der Waals surface area contributed by atoms with Crippen molar-refractivity contribution < 1.29 is 0 Å². The second kappa shape index (κ2) is 7.05. The smallest absolute Gasteiger partial charge is 0.203 e. The van der Waals surface area contributed by atoms with E-state index >= 15 is 0 Å². The first-order chi connectivity index (χ1) is 10.7. The monoisotopic (exact) mass is 391 g/mol. The highest BCUT2D eigenvalue weighted by atomic mass is 79.9. The number of halogens is 2. The fourth-order valence-corrected chi connectivity index (χ4v) is 3.00. The quantitative estimate of drug-likeness (QED) is 0.458. The van der Waals surface area contributed by atoms with Crippen molar-refractivity contribution in [2.75, 3.05) is 5.43 Å². The van der Waals surface area contributed by atoms with Gasteiger partial charge in [0.05, 0.1) is 11.9 Å².